The number of ether oxygens (including phenoxy) is 1. The molecule has 1 N–H and O–H groups in total. The maximum absolute atomic E-state index is 5.88. The summed E-state index contributed by atoms with van der Waals surface area (Å²) in [5.74, 6) is 0.976. The van der Waals surface area contributed by atoms with Crippen LogP contribution in [0, 0.1) is 10.7 Å². The van der Waals surface area contributed by atoms with Crippen LogP contribution >= 0.6 is 67.8 Å². The van der Waals surface area contributed by atoms with Crippen LogP contribution in [-0.4, -0.2) is 19.2 Å². The van der Waals surface area contributed by atoms with E-state index in [9.17, 15) is 0 Å². The van der Waals surface area contributed by atoms with E-state index in [0.717, 1.165) is 31.0 Å². The predicted molar refractivity (Wildman–Crippen MR) is 100 cm³/mol. The van der Waals surface area contributed by atoms with Crippen molar-refractivity contribution in [1.82, 2.24) is 5.32 Å². The molecule has 1 aromatic carbocycles. The Morgan fingerprint density at radius 3 is 2.44 bits per heavy atom. The van der Waals surface area contributed by atoms with Crippen molar-refractivity contribution in [2.45, 2.75) is 18.9 Å². The van der Waals surface area contributed by atoms with Gasteiger partial charge in [0, 0.05) is 16.2 Å². The van der Waals surface area contributed by atoms with Crippen LogP contribution in [0.3, 0.4) is 0 Å². The average molecular weight is 581 g/mol. The van der Waals surface area contributed by atoms with E-state index in [0.29, 0.717) is 6.61 Å². The molecule has 1 saturated carbocycles. The van der Waals surface area contributed by atoms with Crippen molar-refractivity contribution in [3.63, 3.8) is 0 Å². The molecule has 1 fully saturated rings. The van der Waals surface area contributed by atoms with Gasteiger partial charge in [0.25, 0.3) is 0 Å². The van der Waals surface area contributed by atoms with Gasteiger partial charge in [-0.3, -0.25) is 0 Å². The maximum Gasteiger partial charge on any atom is 0.146 e. The van der Waals surface area contributed by atoms with Crippen LogP contribution in [0.15, 0.2) is 24.3 Å². The highest BCUT2D eigenvalue weighted by atomic mass is 127. The Hall–Kier alpha value is 0.910. The Balaban J connectivity index is 1.86. The summed E-state index contributed by atoms with van der Waals surface area (Å²) in [7, 11) is 0. The number of rotatable bonds is 6. The Labute approximate surface area is 149 Å². The van der Waals surface area contributed by atoms with Crippen LogP contribution in [0.25, 0.3) is 0 Å². The zero-order chi connectivity index (χ0) is 13.1. The summed E-state index contributed by atoms with van der Waals surface area (Å²) in [5, 5.41) is 3.45. The van der Waals surface area contributed by atoms with Crippen molar-refractivity contribution >= 4 is 67.8 Å². The Morgan fingerprint density at radius 1 is 1.28 bits per heavy atom. The van der Waals surface area contributed by atoms with E-state index in [-0.39, 0.29) is 0 Å². The highest BCUT2D eigenvalue weighted by Crippen LogP contribution is 2.29. The van der Waals surface area contributed by atoms with Crippen molar-refractivity contribution in [3.05, 3.63) is 35.0 Å². The molecule has 1 aliphatic rings. The number of nitrogens with one attached hydrogen (secondary N) is 1. The molecule has 0 heterocycles. The van der Waals surface area contributed by atoms with E-state index in [4.69, 9.17) is 4.74 Å². The zero-order valence-electron chi connectivity index (χ0n) is 9.81. The molecule has 1 aliphatic carbocycles. The van der Waals surface area contributed by atoms with Crippen LogP contribution < -0.4 is 10.1 Å². The molecule has 0 unspecified atom stereocenters. The van der Waals surface area contributed by atoms with Crippen molar-refractivity contribution < 1.29 is 4.74 Å². The first-order valence-electron chi connectivity index (χ1n) is 5.73. The van der Waals surface area contributed by atoms with Gasteiger partial charge in [0.2, 0.25) is 0 Å². The number of halogens is 3. The summed E-state index contributed by atoms with van der Waals surface area (Å²) < 4.78 is 9.44. The molecule has 0 radical (unpaired) electrons. The lowest BCUT2D eigenvalue weighted by Crippen LogP contribution is -2.21. The molecule has 0 bridgehead atoms. The lowest BCUT2D eigenvalue weighted by atomic mass is 10.3. The molecule has 5 heteroatoms. The summed E-state index contributed by atoms with van der Waals surface area (Å²) in [6, 6.07) is 4.98. The van der Waals surface area contributed by atoms with Crippen molar-refractivity contribution in [2.75, 3.05) is 13.2 Å². The van der Waals surface area contributed by atoms with E-state index in [2.05, 4.69) is 91.8 Å². The van der Waals surface area contributed by atoms with Gasteiger partial charge < -0.3 is 10.1 Å². The molecule has 0 saturated heterocycles. The van der Waals surface area contributed by atoms with Gasteiger partial charge in [0.1, 0.15) is 12.4 Å². The van der Waals surface area contributed by atoms with Gasteiger partial charge in [-0.05, 0) is 98.3 Å². The second kappa shape index (κ2) is 7.07. The van der Waals surface area contributed by atoms with Crippen molar-refractivity contribution in [2.24, 2.45) is 0 Å². The number of benzene rings is 1. The minimum atomic E-state index is 0.590. The summed E-state index contributed by atoms with van der Waals surface area (Å²) in [5.41, 5.74) is 1.10. The van der Waals surface area contributed by atoms with Crippen molar-refractivity contribution in [3.8, 4) is 5.75 Å². The topological polar surface area (TPSA) is 21.3 Å². The van der Waals surface area contributed by atoms with E-state index in [1.165, 1.54) is 16.4 Å². The molecule has 0 atom stereocenters. The standard InChI is InChI=1S/C13H14I3NO/c1-8(6-17-10-2-3-10)7-18-13-11(15)4-9(14)5-12(13)16/h4-5,10,17H,1-3,6-7H2. The molecule has 0 spiro atoms. The zero-order valence-corrected chi connectivity index (χ0v) is 16.3. The van der Waals surface area contributed by atoms with Crippen LogP contribution in [0.1, 0.15) is 12.8 Å². The summed E-state index contributed by atoms with van der Waals surface area (Å²) >= 11 is 6.97. The van der Waals surface area contributed by atoms with E-state index in [1.807, 2.05) is 0 Å². The molecule has 1 aromatic rings. The van der Waals surface area contributed by atoms with Crippen LogP contribution in [0.4, 0.5) is 0 Å². The largest absolute Gasteiger partial charge is 0.487 e. The van der Waals surface area contributed by atoms with Gasteiger partial charge in [-0.25, -0.2) is 0 Å². The van der Waals surface area contributed by atoms with Crippen LogP contribution in [0.2, 0.25) is 0 Å². The fourth-order valence-electron chi connectivity index (χ4n) is 1.47. The summed E-state index contributed by atoms with van der Waals surface area (Å²) in [6.07, 6.45) is 2.61. The van der Waals surface area contributed by atoms with E-state index >= 15 is 0 Å². The highest BCUT2D eigenvalue weighted by molar-refractivity contribution is 14.1. The smallest absolute Gasteiger partial charge is 0.146 e. The minimum Gasteiger partial charge on any atom is -0.487 e. The normalized spacial score (nSPS) is 14.6. The lowest BCUT2D eigenvalue weighted by molar-refractivity contribution is 0.343. The first-order chi connectivity index (χ1) is 8.56. The van der Waals surface area contributed by atoms with Gasteiger partial charge in [0.05, 0.1) is 7.14 Å². The molecular weight excluding hydrogens is 567 g/mol. The molecule has 2 rings (SSSR count). The molecule has 0 amide bonds. The SMILES string of the molecule is C=C(CNC1CC1)COc1c(I)cc(I)cc1I. The van der Waals surface area contributed by atoms with E-state index in [1.54, 1.807) is 0 Å². The first kappa shape index (κ1) is 15.3. The second-order valence-electron chi connectivity index (χ2n) is 4.39. The monoisotopic (exact) mass is 581 g/mol. The van der Waals surface area contributed by atoms with Gasteiger partial charge >= 0.3 is 0 Å². The van der Waals surface area contributed by atoms with E-state index < -0.39 is 0 Å². The molecule has 0 aromatic heterocycles. The third-order valence-electron chi connectivity index (χ3n) is 2.60. The second-order valence-corrected chi connectivity index (χ2v) is 7.96. The molecule has 0 aliphatic heterocycles. The first-order valence-corrected chi connectivity index (χ1v) is 8.97. The fourth-order valence-corrected chi connectivity index (χ4v) is 5.36. The van der Waals surface area contributed by atoms with Crippen LogP contribution in [-0.2, 0) is 0 Å². The quantitative estimate of drug-likeness (QED) is 0.403. The van der Waals surface area contributed by atoms with Gasteiger partial charge in [-0.15, -0.1) is 0 Å². The lowest BCUT2D eigenvalue weighted by Gasteiger charge is -2.12. The summed E-state index contributed by atoms with van der Waals surface area (Å²) in [4.78, 5) is 0. The number of hydrogen-bond donors (Lipinski definition) is 1. The summed E-state index contributed by atoms with van der Waals surface area (Å²) in [6.45, 7) is 5.51. The predicted octanol–water partition coefficient (Wildman–Crippen LogP) is 4.19. The van der Waals surface area contributed by atoms with Gasteiger partial charge in [-0.1, -0.05) is 6.58 Å². The molecule has 98 valence electrons. The minimum absolute atomic E-state index is 0.590. The Morgan fingerprint density at radius 2 is 1.89 bits per heavy atom. The maximum atomic E-state index is 5.88. The third-order valence-corrected chi connectivity index (χ3v) is 4.83. The molecule has 18 heavy (non-hydrogen) atoms. The Bertz CT molecular complexity index is 435. The number of hydrogen-bond acceptors (Lipinski definition) is 2. The fraction of sp³-hybridized carbons (Fsp3) is 0.385. The molecular formula is C13H14I3NO. The highest BCUT2D eigenvalue weighted by Gasteiger charge is 2.20. The molecule has 2 nitrogen and oxygen atoms in total. The Kier molecular flexibility index (Phi) is 6.01. The van der Waals surface area contributed by atoms with Crippen molar-refractivity contribution in [1.29, 1.82) is 0 Å². The van der Waals surface area contributed by atoms with Gasteiger partial charge in [0.15, 0.2) is 0 Å². The van der Waals surface area contributed by atoms with Crippen LogP contribution in [0.5, 0.6) is 5.75 Å². The average Bonchev–Trinajstić information content (AvgIpc) is 3.08. The van der Waals surface area contributed by atoms with Gasteiger partial charge in [-0.2, -0.15) is 0 Å². The third kappa shape index (κ3) is 4.78.